The van der Waals surface area contributed by atoms with E-state index in [0.717, 1.165) is 30.5 Å². The number of nitrogens with zero attached hydrogens (tertiary/aromatic N) is 2. The van der Waals surface area contributed by atoms with Gasteiger partial charge in [0.05, 0.1) is 11.0 Å². The summed E-state index contributed by atoms with van der Waals surface area (Å²) in [7, 11) is 0. The number of carboxylic acids is 1. The van der Waals surface area contributed by atoms with Gasteiger partial charge in [-0.3, -0.25) is 9.59 Å². The van der Waals surface area contributed by atoms with Crippen LogP contribution in [0, 0.1) is 17.2 Å². The van der Waals surface area contributed by atoms with E-state index in [1.165, 1.54) is 12.1 Å². The van der Waals surface area contributed by atoms with Crippen LogP contribution in [0.5, 0.6) is 0 Å². The van der Waals surface area contributed by atoms with Crippen molar-refractivity contribution < 1.29 is 19.1 Å². The highest BCUT2D eigenvalue weighted by molar-refractivity contribution is 5.99. The molecule has 33 heavy (non-hydrogen) atoms. The summed E-state index contributed by atoms with van der Waals surface area (Å²) in [4.78, 5) is 27.9. The van der Waals surface area contributed by atoms with E-state index in [0.29, 0.717) is 22.9 Å². The summed E-state index contributed by atoms with van der Waals surface area (Å²) < 4.78 is 15.6. The number of carbonyl (C=O) groups excluding carboxylic acids is 1. The van der Waals surface area contributed by atoms with Crippen molar-refractivity contribution in [3.05, 3.63) is 53.8 Å². The minimum Gasteiger partial charge on any atom is -0.480 e. The van der Waals surface area contributed by atoms with Gasteiger partial charge in [0, 0.05) is 17.3 Å². The molecule has 3 N–H and O–H groups in total. The van der Waals surface area contributed by atoms with Crippen molar-refractivity contribution in [1.82, 2.24) is 14.9 Å². The van der Waals surface area contributed by atoms with Gasteiger partial charge < -0.3 is 20.3 Å². The van der Waals surface area contributed by atoms with Gasteiger partial charge in [-0.05, 0) is 73.1 Å². The highest BCUT2D eigenvalue weighted by Crippen LogP contribution is 2.46. The molecule has 1 fully saturated rings. The smallest absolute Gasteiger partial charge is 0.322 e. The molecule has 1 aliphatic carbocycles. The Morgan fingerprint density at radius 1 is 1.18 bits per heavy atom. The highest BCUT2D eigenvalue weighted by atomic mass is 19.1. The first-order valence-electron chi connectivity index (χ1n) is 11.2. The molecule has 2 atom stereocenters. The van der Waals surface area contributed by atoms with E-state index in [4.69, 9.17) is 10.1 Å². The Morgan fingerprint density at radius 2 is 1.91 bits per heavy atom. The van der Waals surface area contributed by atoms with Gasteiger partial charge in [0.25, 0.3) is 5.91 Å². The topological polar surface area (TPSA) is 96.3 Å². The third-order valence-corrected chi connectivity index (χ3v) is 6.18. The van der Waals surface area contributed by atoms with Crippen LogP contribution in [-0.2, 0) is 4.79 Å². The predicted octanol–water partition coefficient (Wildman–Crippen LogP) is 5.12. The number of carboxylic acid groups (broad SMARTS) is 1. The second-order valence-electron chi connectivity index (χ2n) is 9.78. The SMILES string of the molecule is C[C@H]1C[C@H](n2c(Nc3ccc(F)cc3)nc3cc(C(=O)NCC(=O)O)ccc32)CC(C)(C)C1. The lowest BCUT2D eigenvalue weighted by molar-refractivity contribution is -0.135. The van der Waals surface area contributed by atoms with Gasteiger partial charge in [-0.15, -0.1) is 0 Å². The van der Waals surface area contributed by atoms with Crippen molar-refractivity contribution in [1.29, 1.82) is 0 Å². The van der Waals surface area contributed by atoms with Gasteiger partial charge in [0.2, 0.25) is 5.95 Å². The molecule has 0 bridgehead atoms. The van der Waals surface area contributed by atoms with Crippen LogP contribution in [0.4, 0.5) is 16.0 Å². The number of hydrogen-bond acceptors (Lipinski definition) is 4. The van der Waals surface area contributed by atoms with Crippen LogP contribution in [0.25, 0.3) is 11.0 Å². The van der Waals surface area contributed by atoms with Gasteiger partial charge in [-0.2, -0.15) is 0 Å². The molecule has 1 saturated carbocycles. The summed E-state index contributed by atoms with van der Waals surface area (Å²) in [6.07, 6.45) is 3.15. The van der Waals surface area contributed by atoms with Gasteiger partial charge in [-0.1, -0.05) is 20.8 Å². The Balaban J connectivity index is 1.75. The number of halogens is 1. The number of nitrogens with one attached hydrogen (secondary N) is 2. The van der Waals surface area contributed by atoms with Crippen molar-refractivity contribution in [2.45, 2.75) is 46.1 Å². The van der Waals surface area contributed by atoms with E-state index in [2.05, 4.69) is 36.0 Å². The zero-order valence-corrected chi connectivity index (χ0v) is 19.1. The largest absolute Gasteiger partial charge is 0.480 e. The first-order valence-corrected chi connectivity index (χ1v) is 11.2. The Labute approximate surface area is 192 Å². The summed E-state index contributed by atoms with van der Waals surface area (Å²) in [6.45, 7) is 6.39. The molecule has 3 aromatic rings. The van der Waals surface area contributed by atoms with Gasteiger partial charge >= 0.3 is 5.97 Å². The van der Waals surface area contributed by atoms with Gasteiger partial charge in [0.1, 0.15) is 12.4 Å². The zero-order chi connectivity index (χ0) is 23.8. The molecule has 1 amide bonds. The molecule has 7 nitrogen and oxygen atoms in total. The first kappa shape index (κ1) is 22.8. The van der Waals surface area contributed by atoms with Crippen LogP contribution in [0.1, 0.15) is 56.4 Å². The maximum Gasteiger partial charge on any atom is 0.322 e. The average molecular weight is 453 g/mol. The lowest BCUT2D eigenvalue weighted by atomic mass is 9.70. The number of benzene rings is 2. The van der Waals surface area contributed by atoms with Gasteiger partial charge in [0.15, 0.2) is 0 Å². The Hall–Kier alpha value is -3.42. The van der Waals surface area contributed by atoms with Crippen molar-refractivity contribution >= 4 is 34.5 Å². The third kappa shape index (κ3) is 5.16. The maximum absolute atomic E-state index is 13.4. The molecule has 1 heterocycles. The quantitative estimate of drug-likeness (QED) is 0.482. The molecule has 1 aliphatic rings. The van der Waals surface area contributed by atoms with Gasteiger partial charge in [-0.25, -0.2) is 9.37 Å². The van der Waals surface area contributed by atoms with E-state index in [-0.39, 0.29) is 17.3 Å². The van der Waals surface area contributed by atoms with Crippen LogP contribution in [-0.4, -0.2) is 33.1 Å². The van der Waals surface area contributed by atoms with E-state index >= 15 is 0 Å². The number of hydrogen-bond donors (Lipinski definition) is 3. The lowest BCUT2D eigenvalue weighted by Gasteiger charge is -2.40. The van der Waals surface area contributed by atoms with Crippen molar-refractivity contribution in [3.63, 3.8) is 0 Å². The second kappa shape index (κ2) is 8.84. The standard InChI is InChI=1S/C25H29FN4O3/c1-15-10-19(13-25(2,3)12-15)30-21-9-4-16(23(33)27-14-22(31)32)11-20(21)29-24(30)28-18-7-5-17(26)6-8-18/h4-9,11,15,19H,10,12-14H2,1-3H3,(H,27,33)(H,28,29)(H,31,32)/t15-,19-/m0/s1. The summed E-state index contributed by atoms with van der Waals surface area (Å²) in [6, 6.07) is 11.6. The van der Waals surface area contributed by atoms with Crippen molar-refractivity contribution in [2.75, 3.05) is 11.9 Å². The average Bonchev–Trinajstić information content (AvgIpc) is 3.09. The second-order valence-corrected chi connectivity index (χ2v) is 9.78. The number of carbonyl (C=O) groups is 2. The number of aliphatic carboxylic acids is 1. The summed E-state index contributed by atoms with van der Waals surface area (Å²) in [5.74, 6) is -0.692. The van der Waals surface area contributed by atoms with Crippen LogP contribution in [0.3, 0.4) is 0 Å². The van der Waals surface area contributed by atoms with Crippen LogP contribution < -0.4 is 10.6 Å². The van der Waals surface area contributed by atoms with Crippen molar-refractivity contribution in [2.24, 2.45) is 11.3 Å². The highest BCUT2D eigenvalue weighted by Gasteiger charge is 2.34. The van der Waals surface area contributed by atoms with Crippen LogP contribution in [0.15, 0.2) is 42.5 Å². The molecule has 0 saturated heterocycles. The van der Waals surface area contributed by atoms with E-state index in [1.54, 1.807) is 24.3 Å². The van der Waals surface area contributed by atoms with Crippen molar-refractivity contribution in [3.8, 4) is 0 Å². The fourth-order valence-electron chi connectivity index (χ4n) is 5.11. The predicted molar refractivity (Wildman–Crippen MR) is 125 cm³/mol. The summed E-state index contributed by atoms with van der Waals surface area (Å²) >= 11 is 0. The molecular formula is C25H29FN4O3. The number of anilines is 2. The minimum atomic E-state index is -1.10. The molecule has 0 spiro atoms. The molecule has 0 radical (unpaired) electrons. The monoisotopic (exact) mass is 452 g/mol. The molecule has 4 rings (SSSR count). The maximum atomic E-state index is 13.4. The normalized spacial score (nSPS) is 19.9. The number of rotatable bonds is 6. The number of aromatic nitrogens is 2. The third-order valence-electron chi connectivity index (χ3n) is 6.18. The fraction of sp³-hybridized carbons (Fsp3) is 0.400. The van der Waals surface area contributed by atoms with Crippen LogP contribution >= 0.6 is 0 Å². The molecule has 0 aliphatic heterocycles. The fourth-order valence-corrected chi connectivity index (χ4v) is 5.11. The minimum absolute atomic E-state index is 0.183. The molecule has 8 heteroatoms. The Morgan fingerprint density at radius 3 is 2.58 bits per heavy atom. The molecule has 1 aromatic heterocycles. The Kier molecular flexibility index (Phi) is 6.10. The first-order chi connectivity index (χ1) is 15.6. The number of fused-ring (bicyclic) bond motifs is 1. The van der Waals surface area contributed by atoms with E-state index < -0.39 is 18.4 Å². The van der Waals surface area contributed by atoms with Crippen LogP contribution in [0.2, 0.25) is 0 Å². The van der Waals surface area contributed by atoms with E-state index in [9.17, 15) is 14.0 Å². The zero-order valence-electron chi connectivity index (χ0n) is 19.1. The number of imidazole rings is 1. The summed E-state index contributed by atoms with van der Waals surface area (Å²) in [5.41, 5.74) is 2.78. The molecular weight excluding hydrogens is 423 g/mol. The number of amides is 1. The molecule has 2 aromatic carbocycles. The summed E-state index contributed by atoms with van der Waals surface area (Å²) in [5, 5.41) is 14.5. The molecule has 174 valence electrons. The lowest BCUT2D eigenvalue weighted by Crippen LogP contribution is -2.30. The molecule has 0 unspecified atom stereocenters. The Bertz CT molecular complexity index is 1190. The van der Waals surface area contributed by atoms with E-state index in [1.807, 2.05) is 6.07 Å².